The maximum atomic E-state index is 14.7. The summed E-state index contributed by atoms with van der Waals surface area (Å²) in [4.78, 5) is 93.2. The van der Waals surface area contributed by atoms with E-state index < -0.39 is 117 Å². The number of aliphatic hydroxyl groups is 2. The molecule has 1 aromatic rings. The molecule has 3 aliphatic rings. The third-order valence-corrected chi connectivity index (χ3v) is 11.6. The number of methoxy groups -OCH3 is 1. The number of phosphoric ester groups is 2. The highest BCUT2D eigenvalue weighted by Crippen LogP contribution is 2.59. The Morgan fingerprint density at radius 1 is 1.02 bits per heavy atom. The van der Waals surface area contributed by atoms with Crippen LogP contribution in [0.3, 0.4) is 0 Å². The summed E-state index contributed by atoms with van der Waals surface area (Å²) in [6, 6.07) is -0.699. The molecule has 0 bridgehead atoms. The second-order valence-electron chi connectivity index (χ2n) is 11.2. The third-order valence-electron chi connectivity index (χ3n) is 7.29. The van der Waals surface area contributed by atoms with Crippen LogP contribution in [-0.4, -0.2) is 129 Å². The number of azide groups is 1. The topological polar surface area (TPSA) is 440 Å². The van der Waals surface area contributed by atoms with Crippen molar-refractivity contribution in [2.24, 2.45) is 5.11 Å². The molecule has 30 nitrogen and oxygen atoms in total. The molecule has 0 radical (unpaired) electrons. The minimum absolute atomic E-state index is 0.00767. The number of amides is 1. The van der Waals surface area contributed by atoms with Crippen LogP contribution in [0.1, 0.15) is 6.23 Å². The van der Waals surface area contributed by atoms with Gasteiger partial charge in [-0.15, -0.1) is 6.42 Å². The summed E-state index contributed by atoms with van der Waals surface area (Å²) >= 11 is 0. The number of terminal acetylenes is 1. The lowest BCUT2D eigenvalue weighted by Gasteiger charge is -2.34. The number of alkyl halides is 1. The normalized spacial score (nSPS) is 30.6. The van der Waals surface area contributed by atoms with E-state index in [4.69, 9.17) is 50.5 Å². The molecule has 1 amide bonds. The van der Waals surface area contributed by atoms with Gasteiger partial charge in [0.15, 0.2) is 18.6 Å². The van der Waals surface area contributed by atoms with Crippen LogP contribution < -0.4 is 16.6 Å². The predicted octanol–water partition coefficient (Wildman–Crippen LogP) is -2.29. The van der Waals surface area contributed by atoms with E-state index in [1.54, 1.807) is 0 Å². The van der Waals surface area contributed by atoms with Crippen LogP contribution in [0, 0.1) is 12.3 Å². The van der Waals surface area contributed by atoms with Crippen LogP contribution >= 0.6 is 31.3 Å². The van der Waals surface area contributed by atoms with Crippen molar-refractivity contribution in [3.05, 3.63) is 68.2 Å². The molecule has 2 fully saturated rings. The van der Waals surface area contributed by atoms with Crippen molar-refractivity contribution in [1.29, 1.82) is 0 Å². The molecule has 10 N–H and O–H groups in total. The number of nitrogens with one attached hydrogen (secondary N) is 2. The number of aromatic nitrogens is 2. The highest BCUT2D eigenvalue weighted by molar-refractivity contribution is 7.61. The van der Waals surface area contributed by atoms with Crippen LogP contribution in [0.4, 0.5) is 4.39 Å². The fourth-order valence-electron chi connectivity index (χ4n) is 4.94. The molecule has 1 aromatic heterocycles. The van der Waals surface area contributed by atoms with Gasteiger partial charge < -0.3 is 68.7 Å². The number of halogens is 1. The van der Waals surface area contributed by atoms with Crippen LogP contribution in [-0.2, 0) is 59.7 Å². The van der Waals surface area contributed by atoms with E-state index in [0.29, 0.717) is 4.57 Å². The lowest BCUT2D eigenvalue weighted by Crippen LogP contribution is -2.48. The first-order valence-corrected chi connectivity index (χ1v) is 21.0. The number of hydrogen-bond donors (Lipinski definition) is 10. The van der Waals surface area contributed by atoms with E-state index in [2.05, 4.69) is 39.6 Å². The second-order valence-corrected chi connectivity index (χ2v) is 16.8. The summed E-state index contributed by atoms with van der Waals surface area (Å²) < 4.78 is 97.0. The van der Waals surface area contributed by atoms with E-state index >= 15 is 0 Å². The molecule has 4 heterocycles. The number of carbonyl (C=O) groups excluding carboxylic acids is 1. The maximum absolute atomic E-state index is 14.7. The van der Waals surface area contributed by atoms with Gasteiger partial charge in [0.1, 0.15) is 43.9 Å². The van der Waals surface area contributed by atoms with Gasteiger partial charge in [-0.3, -0.25) is 28.2 Å². The number of aliphatic hydroxyl groups excluding tert-OH is 2. The fourth-order valence-corrected chi connectivity index (χ4v) is 8.16. The minimum atomic E-state index is -5.46. The molecule has 0 aromatic carbocycles. The van der Waals surface area contributed by atoms with Crippen molar-refractivity contribution >= 4 is 37.2 Å². The van der Waals surface area contributed by atoms with Gasteiger partial charge >= 0.3 is 37.0 Å². The van der Waals surface area contributed by atoms with Gasteiger partial charge in [0, 0.05) is 36.6 Å². The van der Waals surface area contributed by atoms with Crippen LogP contribution in [0.25, 0.3) is 10.4 Å². The Morgan fingerprint density at radius 3 is 2.05 bits per heavy atom. The van der Waals surface area contributed by atoms with Crippen molar-refractivity contribution in [2.75, 3.05) is 26.9 Å². The number of hydrogen-bond acceptors (Lipinski definition) is 19. The van der Waals surface area contributed by atoms with Gasteiger partial charge in [0.2, 0.25) is 11.6 Å². The number of ether oxygens (including phenoxy) is 4. The summed E-state index contributed by atoms with van der Waals surface area (Å²) in [5.74, 6) is -3.30. The Hall–Kier alpha value is -3.49. The lowest BCUT2D eigenvalue weighted by atomic mass is 10.0. The molecular weight excluding hydrogens is 885 g/mol. The average Bonchev–Trinajstić information content (AvgIpc) is 3.50. The number of phosphoric acid groups is 4. The zero-order valence-electron chi connectivity index (χ0n) is 28.8. The third kappa shape index (κ3) is 12.5. The Labute approximate surface area is 321 Å². The van der Waals surface area contributed by atoms with Gasteiger partial charge in [0.05, 0.1) is 0 Å². The summed E-state index contributed by atoms with van der Waals surface area (Å²) in [5.41, 5.74) is 6.89. The highest BCUT2D eigenvalue weighted by atomic mass is 31.3. The van der Waals surface area contributed by atoms with Gasteiger partial charge in [-0.2, -0.15) is 8.62 Å². The molecule has 324 valence electrons. The Balaban J connectivity index is 0.000000310. The monoisotopic (exact) mass is 917 g/mol. The molecule has 2 saturated heterocycles. The zero-order chi connectivity index (χ0) is 44.1. The molecular formula is C23H32FN7O23P4. The Kier molecular flexibility index (Phi) is 15.9. The molecule has 0 saturated carbocycles. The molecule has 0 aliphatic carbocycles. The van der Waals surface area contributed by atoms with Crippen molar-refractivity contribution < 1.29 is 104 Å². The first-order chi connectivity index (χ1) is 26.6. The summed E-state index contributed by atoms with van der Waals surface area (Å²) in [7, 11) is -20.5. The number of carbonyl (C=O) groups is 1. The Morgan fingerprint density at radius 2 is 1.57 bits per heavy atom. The van der Waals surface area contributed by atoms with E-state index in [9.17, 15) is 57.0 Å². The molecule has 2 unspecified atom stereocenters. The number of rotatable bonds is 16. The second kappa shape index (κ2) is 18.8. The van der Waals surface area contributed by atoms with Gasteiger partial charge in [-0.05, 0) is 5.53 Å². The van der Waals surface area contributed by atoms with E-state index in [0.717, 1.165) is 30.3 Å². The van der Waals surface area contributed by atoms with Crippen molar-refractivity contribution in [3.63, 3.8) is 0 Å². The number of aromatic amines is 1. The van der Waals surface area contributed by atoms with Crippen LogP contribution in [0.2, 0.25) is 0 Å². The first kappa shape index (κ1) is 48.9. The number of H-pyrrole nitrogens is 1. The van der Waals surface area contributed by atoms with E-state index in [1.165, 1.54) is 6.20 Å². The fraction of sp³-hybridized carbons (Fsp3) is 0.522. The van der Waals surface area contributed by atoms with E-state index in [1.807, 2.05) is 10.9 Å². The molecule has 10 atom stereocenters. The van der Waals surface area contributed by atoms with Crippen LogP contribution in [0.15, 0.2) is 51.6 Å². The summed E-state index contributed by atoms with van der Waals surface area (Å²) in [6.45, 7) is 0.607. The maximum Gasteiger partial charge on any atom is 0.481 e. The molecule has 4 rings (SSSR count). The van der Waals surface area contributed by atoms with Gasteiger partial charge in [0.25, 0.3) is 11.5 Å². The average molecular weight is 917 g/mol. The summed E-state index contributed by atoms with van der Waals surface area (Å²) in [5, 5.41) is 26.5. The van der Waals surface area contributed by atoms with Crippen molar-refractivity contribution in [1.82, 2.24) is 19.8 Å². The highest BCUT2D eigenvalue weighted by Gasteiger charge is 2.60. The quantitative estimate of drug-likeness (QED) is 0.0274. The van der Waals surface area contributed by atoms with Gasteiger partial charge in [-0.1, -0.05) is 17.6 Å². The SMILES string of the molecule is C#CCO[C@]1(COP(=O)(O)OP(=O)(O)O)O[C@@H](n2ccc(=O)[nH]c2=O)[C@H](F)[C@@H]1O.C=C1NC(=O)C=CN1[C@@H]1O[C@@](COP(=O)(O)OP(=O)(O)O)(OC)[C@@H](N=[N+]=[N-])[C@H]1O. The predicted molar refractivity (Wildman–Crippen MR) is 179 cm³/mol. The molecule has 58 heavy (non-hydrogen) atoms. The lowest BCUT2D eigenvalue weighted by molar-refractivity contribution is -0.274. The zero-order valence-corrected chi connectivity index (χ0v) is 32.4. The summed E-state index contributed by atoms with van der Waals surface area (Å²) in [6.07, 6.45) is -1.33. The minimum Gasteiger partial charge on any atom is -0.388 e. The molecule has 3 aliphatic heterocycles. The smallest absolute Gasteiger partial charge is 0.388 e. The standard InChI is InChI=1S/C12H15FN2O12P2.C11H17N5O11P2/c1-2-5-24-12(6-25-29(22,23)27-28(19,20)21)9(17)8(13)10(26-12)15-4-3-7(16)14-11(15)18;1-6-13-7(17)3-4-16(6)10-8(18)9(14-15-12)11(24-2,26-10)5-25-29(22,23)27-28(19,20)21/h1,3-4,8-10,17H,5-6H2,(H,22,23)(H,14,16,18)(H2,19,20,21);3-4,8-10,18H,1,5H2,2H3,(H,13,17)(H,22,23)(H2,19,20,21)/t8-,9+,10-,12-;8-,9+,10-,11-/m11/s1. The van der Waals surface area contributed by atoms with Gasteiger partial charge in [-0.25, -0.2) is 27.4 Å². The molecule has 0 spiro atoms. The van der Waals surface area contributed by atoms with Crippen molar-refractivity contribution in [3.8, 4) is 12.3 Å². The number of nitrogens with zero attached hydrogens (tertiary/aromatic N) is 5. The molecule has 35 heteroatoms. The largest absolute Gasteiger partial charge is 0.481 e. The van der Waals surface area contributed by atoms with Crippen LogP contribution in [0.5, 0.6) is 0 Å². The Bertz CT molecular complexity index is 2150. The van der Waals surface area contributed by atoms with E-state index in [-0.39, 0.29) is 5.82 Å². The van der Waals surface area contributed by atoms with Crippen molar-refractivity contribution in [2.45, 2.75) is 48.5 Å². The first-order valence-electron chi connectivity index (χ1n) is 14.9.